The summed E-state index contributed by atoms with van der Waals surface area (Å²) in [6.45, 7) is 1.83. The van der Waals surface area contributed by atoms with Crippen LogP contribution in [-0.2, 0) is 0 Å². The Kier molecular flexibility index (Phi) is 4.17. The number of β-amino-alcohol motifs (C(OH)–C–C–N with tert-alkyl or cyclic N) is 1. The van der Waals surface area contributed by atoms with Crippen molar-refractivity contribution in [1.82, 2.24) is 4.90 Å². The van der Waals surface area contributed by atoms with E-state index in [2.05, 4.69) is 15.9 Å². The van der Waals surface area contributed by atoms with E-state index in [1.807, 2.05) is 37.3 Å². The molecule has 0 unspecified atom stereocenters. The second-order valence-corrected chi connectivity index (χ2v) is 7.27. The summed E-state index contributed by atoms with van der Waals surface area (Å²) in [6, 6.07) is 12.2. The molecular formula is C20H16BrNO4. The van der Waals surface area contributed by atoms with Crippen molar-refractivity contribution in [3.8, 4) is 0 Å². The molecule has 0 radical (unpaired) electrons. The summed E-state index contributed by atoms with van der Waals surface area (Å²) in [4.78, 5) is 27.6. The lowest BCUT2D eigenvalue weighted by Gasteiger charge is -2.24. The van der Waals surface area contributed by atoms with Crippen molar-refractivity contribution in [2.45, 2.75) is 13.0 Å². The van der Waals surface area contributed by atoms with Gasteiger partial charge in [-0.1, -0.05) is 39.7 Å². The number of halogens is 1. The summed E-state index contributed by atoms with van der Waals surface area (Å²) >= 11 is 3.44. The number of hydrogen-bond acceptors (Lipinski definition) is 4. The maximum Gasteiger partial charge on any atom is 0.290 e. The van der Waals surface area contributed by atoms with E-state index in [-0.39, 0.29) is 30.2 Å². The second-order valence-electron chi connectivity index (χ2n) is 6.35. The predicted octanol–water partition coefficient (Wildman–Crippen LogP) is 3.40. The maximum atomic E-state index is 13.2. The molecule has 0 fully saturated rings. The third-order valence-electron chi connectivity index (χ3n) is 4.63. The number of nitrogens with zero attached hydrogens (tertiary/aromatic N) is 1. The van der Waals surface area contributed by atoms with Gasteiger partial charge in [0, 0.05) is 11.0 Å². The quantitative estimate of drug-likeness (QED) is 0.713. The van der Waals surface area contributed by atoms with Crippen LogP contribution < -0.4 is 5.43 Å². The molecule has 0 saturated carbocycles. The van der Waals surface area contributed by atoms with Gasteiger partial charge in [-0.2, -0.15) is 0 Å². The molecule has 3 aromatic rings. The Morgan fingerprint density at radius 1 is 1.19 bits per heavy atom. The van der Waals surface area contributed by atoms with Crippen LogP contribution in [0.1, 0.15) is 33.3 Å². The molecule has 5 nitrogen and oxygen atoms in total. The van der Waals surface area contributed by atoms with Crippen molar-refractivity contribution < 1.29 is 14.3 Å². The van der Waals surface area contributed by atoms with Crippen molar-refractivity contribution >= 4 is 32.8 Å². The fourth-order valence-corrected chi connectivity index (χ4v) is 3.91. The Morgan fingerprint density at radius 2 is 2.00 bits per heavy atom. The number of hydrogen-bond donors (Lipinski definition) is 1. The van der Waals surface area contributed by atoms with E-state index in [1.165, 1.54) is 4.90 Å². The van der Waals surface area contributed by atoms with Crippen molar-refractivity contribution in [2.75, 3.05) is 13.2 Å². The molecule has 1 atom stereocenters. The highest BCUT2D eigenvalue weighted by Gasteiger charge is 2.42. The average Bonchev–Trinajstić information content (AvgIpc) is 2.89. The summed E-state index contributed by atoms with van der Waals surface area (Å²) < 4.78 is 6.67. The normalized spacial score (nSPS) is 16.3. The number of aryl methyl sites for hydroxylation is 1. The molecule has 1 aliphatic rings. The van der Waals surface area contributed by atoms with Gasteiger partial charge in [-0.15, -0.1) is 0 Å². The first-order valence-corrected chi connectivity index (χ1v) is 9.05. The summed E-state index contributed by atoms with van der Waals surface area (Å²) in [5.41, 5.74) is 2.26. The fourth-order valence-electron chi connectivity index (χ4n) is 3.50. The van der Waals surface area contributed by atoms with Gasteiger partial charge < -0.3 is 14.4 Å². The first-order chi connectivity index (χ1) is 12.5. The van der Waals surface area contributed by atoms with Gasteiger partial charge in [0.15, 0.2) is 5.43 Å². The van der Waals surface area contributed by atoms with E-state index in [0.29, 0.717) is 16.5 Å². The zero-order valence-electron chi connectivity index (χ0n) is 14.0. The number of carbonyl (C=O) groups excluding carboxylic acids is 1. The third-order valence-corrected chi connectivity index (χ3v) is 5.12. The first-order valence-electron chi connectivity index (χ1n) is 8.26. The Bertz CT molecular complexity index is 1090. The van der Waals surface area contributed by atoms with Crippen LogP contribution in [0.3, 0.4) is 0 Å². The number of benzene rings is 2. The van der Waals surface area contributed by atoms with E-state index in [0.717, 1.165) is 15.6 Å². The van der Waals surface area contributed by atoms with Crippen molar-refractivity contribution in [3.05, 3.63) is 79.6 Å². The largest absolute Gasteiger partial charge is 0.450 e. The van der Waals surface area contributed by atoms with E-state index >= 15 is 0 Å². The van der Waals surface area contributed by atoms with Crippen LogP contribution in [0.2, 0.25) is 0 Å². The number of aliphatic hydroxyl groups is 1. The topological polar surface area (TPSA) is 70.8 Å². The Morgan fingerprint density at radius 3 is 2.73 bits per heavy atom. The molecule has 2 aromatic carbocycles. The number of rotatable bonds is 3. The van der Waals surface area contributed by atoms with Gasteiger partial charge >= 0.3 is 0 Å². The minimum Gasteiger partial charge on any atom is -0.450 e. The molecule has 1 N–H and O–H groups in total. The van der Waals surface area contributed by atoms with Gasteiger partial charge in [-0.25, -0.2) is 0 Å². The van der Waals surface area contributed by atoms with E-state index in [9.17, 15) is 14.7 Å². The molecule has 1 aliphatic heterocycles. The van der Waals surface area contributed by atoms with Gasteiger partial charge in [0.1, 0.15) is 5.58 Å². The first kappa shape index (κ1) is 17.0. The monoisotopic (exact) mass is 413 g/mol. The van der Waals surface area contributed by atoms with Crippen LogP contribution in [0.4, 0.5) is 0 Å². The summed E-state index contributed by atoms with van der Waals surface area (Å²) in [6.07, 6.45) is 0. The lowest BCUT2D eigenvalue weighted by atomic mass is 9.98. The lowest BCUT2D eigenvalue weighted by Crippen LogP contribution is -2.32. The molecule has 0 bridgehead atoms. The van der Waals surface area contributed by atoms with Crippen LogP contribution in [0.25, 0.3) is 11.0 Å². The van der Waals surface area contributed by atoms with E-state index in [1.54, 1.807) is 12.1 Å². The Balaban J connectivity index is 2.03. The Labute approximate surface area is 158 Å². The standard InChI is InChI=1S/C20H16BrNO4/c1-11-5-6-15-14(9-11)18(24)16-17(12-3-2-4-13(21)10-12)22(7-8-23)20(25)19(16)26-15/h2-6,9-10,17,23H,7-8H2,1H3/t17-/m0/s1. The number of aliphatic hydroxyl groups excluding tert-OH is 1. The maximum absolute atomic E-state index is 13.2. The van der Waals surface area contributed by atoms with Gasteiger partial charge in [0.2, 0.25) is 5.76 Å². The average molecular weight is 414 g/mol. The summed E-state index contributed by atoms with van der Waals surface area (Å²) in [5, 5.41) is 9.89. The van der Waals surface area contributed by atoms with Crippen molar-refractivity contribution in [3.63, 3.8) is 0 Å². The number of amides is 1. The summed E-state index contributed by atoms with van der Waals surface area (Å²) in [5.74, 6) is -0.316. The predicted molar refractivity (Wildman–Crippen MR) is 101 cm³/mol. The molecule has 0 aliphatic carbocycles. The molecule has 26 heavy (non-hydrogen) atoms. The van der Waals surface area contributed by atoms with Crippen LogP contribution in [-0.4, -0.2) is 29.1 Å². The van der Waals surface area contributed by atoms with E-state index < -0.39 is 6.04 Å². The molecule has 0 saturated heterocycles. The van der Waals surface area contributed by atoms with E-state index in [4.69, 9.17) is 4.42 Å². The Hall–Kier alpha value is -2.44. The highest BCUT2D eigenvalue weighted by Crippen LogP contribution is 2.38. The zero-order valence-corrected chi connectivity index (χ0v) is 15.6. The zero-order chi connectivity index (χ0) is 18.4. The third kappa shape index (κ3) is 2.57. The van der Waals surface area contributed by atoms with Gasteiger partial charge in [-0.05, 0) is 36.8 Å². The van der Waals surface area contributed by atoms with Gasteiger partial charge in [0.25, 0.3) is 5.91 Å². The molecule has 6 heteroatoms. The van der Waals surface area contributed by atoms with Crippen LogP contribution in [0.15, 0.2) is 56.1 Å². The highest BCUT2D eigenvalue weighted by molar-refractivity contribution is 9.10. The molecule has 1 aromatic heterocycles. The van der Waals surface area contributed by atoms with Crippen molar-refractivity contribution in [2.24, 2.45) is 0 Å². The fraction of sp³-hybridized carbons (Fsp3) is 0.200. The number of fused-ring (bicyclic) bond motifs is 2. The van der Waals surface area contributed by atoms with Crippen LogP contribution in [0, 0.1) is 6.92 Å². The smallest absolute Gasteiger partial charge is 0.290 e. The molecular weight excluding hydrogens is 398 g/mol. The molecule has 132 valence electrons. The van der Waals surface area contributed by atoms with Crippen LogP contribution in [0.5, 0.6) is 0 Å². The molecule has 0 spiro atoms. The van der Waals surface area contributed by atoms with Gasteiger partial charge in [-0.3, -0.25) is 9.59 Å². The number of carbonyl (C=O) groups is 1. The summed E-state index contributed by atoms with van der Waals surface area (Å²) in [7, 11) is 0. The lowest BCUT2D eigenvalue weighted by molar-refractivity contribution is 0.0691. The van der Waals surface area contributed by atoms with Crippen molar-refractivity contribution in [1.29, 1.82) is 0 Å². The van der Waals surface area contributed by atoms with Gasteiger partial charge in [0.05, 0.1) is 23.6 Å². The molecule has 2 heterocycles. The molecule has 4 rings (SSSR count). The SMILES string of the molecule is Cc1ccc2oc3c(c(=O)c2c1)[C@H](c1cccc(Br)c1)N(CCO)C3=O. The second kappa shape index (κ2) is 6.37. The minimum absolute atomic E-state index is 0.0600. The van der Waals surface area contributed by atoms with Crippen LogP contribution >= 0.6 is 15.9 Å². The highest BCUT2D eigenvalue weighted by atomic mass is 79.9. The molecule has 1 amide bonds. The minimum atomic E-state index is -0.580.